The summed E-state index contributed by atoms with van der Waals surface area (Å²) in [6.07, 6.45) is 0. The lowest BCUT2D eigenvalue weighted by Gasteiger charge is -2.20. The third kappa shape index (κ3) is 3.66. The van der Waals surface area contributed by atoms with Crippen LogP contribution < -0.4 is 4.90 Å². The lowest BCUT2D eigenvalue weighted by atomic mass is 9.93. The van der Waals surface area contributed by atoms with Crippen molar-refractivity contribution in [3.05, 3.63) is 65.2 Å². The molecule has 0 fully saturated rings. The van der Waals surface area contributed by atoms with Crippen molar-refractivity contribution in [2.24, 2.45) is 0 Å². The molecule has 0 saturated carbocycles. The number of rotatable bonds is 5. The van der Waals surface area contributed by atoms with Crippen molar-refractivity contribution in [2.75, 3.05) is 19.0 Å². The molecule has 4 heteroatoms. The second-order valence-electron chi connectivity index (χ2n) is 6.21. The molecule has 2 rings (SSSR count). The highest BCUT2D eigenvalue weighted by atomic mass is 16.3. The maximum absolute atomic E-state index is 12.7. The Balaban J connectivity index is 2.50. The molecule has 0 radical (unpaired) electrons. The predicted molar refractivity (Wildman–Crippen MR) is 91.3 cm³/mol. The fraction of sp³-hybridized carbons (Fsp3) is 0.263. The Labute approximate surface area is 136 Å². The summed E-state index contributed by atoms with van der Waals surface area (Å²) in [5.74, 6) is -0.476. The number of hydrogen-bond donors (Lipinski definition) is 1. The molecule has 23 heavy (non-hydrogen) atoms. The van der Waals surface area contributed by atoms with E-state index in [9.17, 15) is 14.7 Å². The van der Waals surface area contributed by atoms with E-state index in [0.29, 0.717) is 22.4 Å². The summed E-state index contributed by atoms with van der Waals surface area (Å²) in [5.41, 5.74) is 0.694. The third-order valence-electron chi connectivity index (χ3n) is 3.58. The minimum atomic E-state index is -1.45. The molecule has 0 amide bonds. The van der Waals surface area contributed by atoms with Gasteiger partial charge in [0.05, 0.1) is 0 Å². The summed E-state index contributed by atoms with van der Waals surface area (Å²) in [6, 6.07) is 13.9. The number of anilines is 1. The molecule has 0 aliphatic heterocycles. The van der Waals surface area contributed by atoms with Gasteiger partial charge in [-0.1, -0.05) is 36.4 Å². The van der Waals surface area contributed by atoms with Crippen LogP contribution in [0, 0.1) is 0 Å². The lowest BCUT2D eigenvalue weighted by Crippen LogP contribution is -2.31. The number of benzene rings is 2. The van der Waals surface area contributed by atoms with Gasteiger partial charge in [0.2, 0.25) is 0 Å². The number of Topliss-reactive ketones (excluding diaryl/α,β-unsaturated/α-hetero) is 1. The van der Waals surface area contributed by atoms with Crippen LogP contribution in [0.1, 0.15) is 40.1 Å². The largest absolute Gasteiger partial charge is 0.382 e. The first-order valence-electron chi connectivity index (χ1n) is 7.40. The van der Waals surface area contributed by atoms with Gasteiger partial charge in [0.1, 0.15) is 5.60 Å². The molecule has 4 nitrogen and oxygen atoms in total. The zero-order valence-corrected chi connectivity index (χ0v) is 13.8. The van der Waals surface area contributed by atoms with E-state index in [-0.39, 0.29) is 11.6 Å². The van der Waals surface area contributed by atoms with Crippen LogP contribution in [0.4, 0.5) is 5.69 Å². The number of carbonyl (C=O) groups is 2. The number of nitrogens with zero attached hydrogens (tertiary/aromatic N) is 1. The van der Waals surface area contributed by atoms with Crippen molar-refractivity contribution in [3.8, 4) is 0 Å². The molecule has 0 aliphatic rings. The fourth-order valence-corrected chi connectivity index (χ4v) is 2.33. The molecule has 0 atom stereocenters. The van der Waals surface area contributed by atoms with Crippen LogP contribution in [0.15, 0.2) is 48.5 Å². The van der Waals surface area contributed by atoms with E-state index in [1.165, 1.54) is 13.8 Å². The Morgan fingerprint density at radius 3 is 2.09 bits per heavy atom. The third-order valence-corrected chi connectivity index (χ3v) is 3.58. The van der Waals surface area contributed by atoms with Crippen LogP contribution in [0.2, 0.25) is 0 Å². The molecule has 1 N–H and O–H groups in total. The molecule has 0 spiro atoms. The zero-order chi connectivity index (χ0) is 17.2. The first kappa shape index (κ1) is 16.9. The van der Waals surface area contributed by atoms with Crippen molar-refractivity contribution in [2.45, 2.75) is 19.4 Å². The van der Waals surface area contributed by atoms with E-state index in [1.54, 1.807) is 35.2 Å². The topological polar surface area (TPSA) is 57.6 Å². The maximum atomic E-state index is 12.7. The summed E-state index contributed by atoms with van der Waals surface area (Å²) in [6.45, 7) is 2.90. The normalized spacial score (nSPS) is 11.2. The van der Waals surface area contributed by atoms with Crippen LogP contribution in [0.25, 0.3) is 0 Å². The first-order chi connectivity index (χ1) is 10.7. The van der Waals surface area contributed by atoms with Crippen molar-refractivity contribution in [3.63, 3.8) is 0 Å². The molecule has 2 aromatic carbocycles. The molecule has 0 heterocycles. The smallest absolute Gasteiger partial charge is 0.195 e. The van der Waals surface area contributed by atoms with Gasteiger partial charge in [-0.05, 0) is 26.0 Å². The molecular formula is C19H21NO3. The fourth-order valence-electron chi connectivity index (χ4n) is 2.33. The Morgan fingerprint density at radius 2 is 1.57 bits per heavy atom. The van der Waals surface area contributed by atoms with Gasteiger partial charge in [-0.15, -0.1) is 0 Å². The summed E-state index contributed by atoms with van der Waals surface area (Å²) in [5, 5.41) is 9.90. The summed E-state index contributed by atoms with van der Waals surface area (Å²) in [4.78, 5) is 26.7. The average Bonchev–Trinajstić information content (AvgIpc) is 2.52. The minimum Gasteiger partial charge on any atom is -0.382 e. The van der Waals surface area contributed by atoms with Gasteiger partial charge in [0.15, 0.2) is 11.6 Å². The van der Waals surface area contributed by atoms with Crippen LogP contribution in [-0.2, 0) is 0 Å². The van der Waals surface area contributed by atoms with E-state index in [0.717, 1.165) is 0 Å². The molecule has 120 valence electrons. The number of ketones is 2. The van der Waals surface area contributed by atoms with E-state index in [2.05, 4.69) is 0 Å². The molecule has 0 aromatic heterocycles. The molecule has 0 saturated heterocycles. The second-order valence-corrected chi connectivity index (χ2v) is 6.21. The Bertz CT molecular complexity index is 728. The number of carbonyl (C=O) groups excluding carboxylic acids is 2. The van der Waals surface area contributed by atoms with Crippen LogP contribution >= 0.6 is 0 Å². The van der Waals surface area contributed by atoms with Crippen LogP contribution in [0.3, 0.4) is 0 Å². The van der Waals surface area contributed by atoms with Gasteiger partial charge < -0.3 is 10.0 Å². The molecule has 0 bridgehead atoms. The summed E-state index contributed by atoms with van der Waals surface area (Å²) in [7, 11) is 3.63. The van der Waals surface area contributed by atoms with Gasteiger partial charge in [-0.3, -0.25) is 9.59 Å². The average molecular weight is 311 g/mol. The predicted octanol–water partition coefficient (Wildman–Crippen LogP) is 2.94. The maximum Gasteiger partial charge on any atom is 0.195 e. The van der Waals surface area contributed by atoms with Gasteiger partial charge in [-0.2, -0.15) is 0 Å². The van der Waals surface area contributed by atoms with Gasteiger partial charge in [0.25, 0.3) is 0 Å². The quantitative estimate of drug-likeness (QED) is 0.863. The van der Waals surface area contributed by atoms with Crippen LogP contribution in [-0.4, -0.2) is 36.4 Å². The van der Waals surface area contributed by atoms with E-state index in [4.69, 9.17) is 0 Å². The molecule has 2 aromatic rings. The zero-order valence-electron chi connectivity index (χ0n) is 13.8. The van der Waals surface area contributed by atoms with Crippen molar-refractivity contribution in [1.29, 1.82) is 0 Å². The molecular weight excluding hydrogens is 290 g/mol. The number of aliphatic hydroxyl groups is 1. The van der Waals surface area contributed by atoms with Crippen LogP contribution in [0.5, 0.6) is 0 Å². The Kier molecular flexibility index (Phi) is 4.66. The number of hydrogen-bond acceptors (Lipinski definition) is 4. The van der Waals surface area contributed by atoms with Gasteiger partial charge in [0, 0.05) is 36.5 Å². The van der Waals surface area contributed by atoms with Crippen molar-refractivity contribution < 1.29 is 14.7 Å². The SMILES string of the molecule is CN(C)c1cc(C(=O)C(C)(C)O)ccc1C(=O)c1ccccc1. The highest BCUT2D eigenvalue weighted by Gasteiger charge is 2.26. The van der Waals surface area contributed by atoms with Gasteiger partial charge in [-0.25, -0.2) is 0 Å². The standard InChI is InChI=1S/C19H21NO3/c1-19(2,23)18(22)14-10-11-15(16(12-14)20(3)4)17(21)13-8-6-5-7-9-13/h5-12,23H,1-4H3. The van der Waals surface area contributed by atoms with Crippen molar-refractivity contribution in [1.82, 2.24) is 0 Å². The highest BCUT2D eigenvalue weighted by molar-refractivity contribution is 6.13. The Hall–Kier alpha value is -2.46. The van der Waals surface area contributed by atoms with Gasteiger partial charge >= 0.3 is 0 Å². The molecule has 0 unspecified atom stereocenters. The lowest BCUT2D eigenvalue weighted by molar-refractivity contribution is 0.0488. The first-order valence-corrected chi connectivity index (χ1v) is 7.40. The highest BCUT2D eigenvalue weighted by Crippen LogP contribution is 2.25. The monoisotopic (exact) mass is 311 g/mol. The van der Waals surface area contributed by atoms with E-state index < -0.39 is 5.60 Å². The summed E-state index contributed by atoms with van der Waals surface area (Å²) < 4.78 is 0. The second kappa shape index (κ2) is 6.34. The molecule has 0 aliphatic carbocycles. The van der Waals surface area contributed by atoms with Crippen molar-refractivity contribution >= 4 is 17.3 Å². The minimum absolute atomic E-state index is 0.100. The Morgan fingerprint density at radius 1 is 0.957 bits per heavy atom. The van der Waals surface area contributed by atoms with E-state index >= 15 is 0 Å². The van der Waals surface area contributed by atoms with E-state index in [1.807, 2.05) is 32.3 Å². The summed E-state index contributed by atoms with van der Waals surface area (Å²) >= 11 is 0.